The van der Waals surface area contributed by atoms with Gasteiger partial charge in [-0.3, -0.25) is 0 Å². The Labute approximate surface area is 692 Å². The number of hydrogen-bond acceptors (Lipinski definition) is 5. The van der Waals surface area contributed by atoms with Crippen LogP contribution >= 0.6 is 0 Å². The van der Waals surface area contributed by atoms with Gasteiger partial charge in [0.15, 0.2) is 0 Å². The van der Waals surface area contributed by atoms with Crippen LogP contribution in [-0.2, 0) is 16.2 Å². The Morgan fingerprint density at radius 2 is 0.521 bits per heavy atom. The van der Waals surface area contributed by atoms with Gasteiger partial charge in [0, 0.05) is 108 Å². The van der Waals surface area contributed by atoms with E-state index in [0.717, 1.165) is 0 Å². The fourth-order valence-electron chi connectivity index (χ4n) is 18.6. The van der Waals surface area contributed by atoms with E-state index in [9.17, 15) is 0 Å². The van der Waals surface area contributed by atoms with Crippen LogP contribution in [0.1, 0.15) is 84.0 Å². The normalized spacial score (nSPS) is 13.3. The van der Waals surface area contributed by atoms with Crippen molar-refractivity contribution in [2.24, 2.45) is 0 Å². The Balaban J connectivity index is 0.000000107. The standard InChI is InChI=1S/C32H25N.C24H23N.C22H21N.2C17H15N/c1-33(26-17-9-4-10-18-26)27-21-22-29-28-19-11-12-20-30(28)32(31(29)23-27,24-13-5-2-6-14-24)25-15-7-3-8-16-25;1-25(18-9-3-2-4-10-18)19-13-14-21-20-11-5-6-12-22(20)24(23(21)17-19)15-7-8-16-24;1-22(2)20-12-8-7-11-18(20)19-14-13-17(15-21(19)22)23(3)16-9-5-4-6-10-16;1-18(15-10-3-2-4-11-15)17-13-7-9-14-8-5-6-12-16(14)17;1-18(16-9-3-2-4-10-16)17-12-11-14-7-5-6-8-15(14)13-17/h2-23H,1H3;2-6,9-14,17H,7-8,15-16H2,1H3;4-15H,1-3H3;2*2-13H,1H3. The summed E-state index contributed by atoms with van der Waals surface area (Å²) in [6, 6.07) is 152. The zero-order chi connectivity index (χ0) is 79.9. The maximum atomic E-state index is 2.45. The maximum Gasteiger partial charge on any atom is 0.0714 e. The van der Waals surface area contributed by atoms with Gasteiger partial charge in [0.1, 0.15) is 0 Å². The largest absolute Gasteiger partial charge is 0.345 e. The molecule has 0 radical (unpaired) electrons. The van der Waals surface area contributed by atoms with Crippen LogP contribution in [0, 0.1) is 0 Å². The van der Waals surface area contributed by atoms with Gasteiger partial charge in [-0.05, 0) is 222 Å². The fourth-order valence-corrected chi connectivity index (χ4v) is 18.6. The molecule has 1 saturated carbocycles. The third-order valence-electron chi connectivity index (χ3n) is 24.8. The number of hydrogen-bond donors (Lipinski definition) is 0. The van der Waals surface area contributed by atoms with Crippen molar-refractivity contribution in [3.8, 4) is 33.4 Å². The van der Waals surface area contributed by atoms with Gasteiger partial charge < -0.3 is 24.5 Å². The molecule has 0 amide bonds. The van der Waals surface area contributed by atoms with Gasteiger partial charge in [0.05, 0.1) is 5.41 Å². The lowest BCUT2D eigenvalue weighted by atomic mass is 9.67. The Morgan fingerprint density at radius 1 is 0.205 bits per heavy atom. The lowest BCUT2D eigenvalue weighted by molar-refractivity contribution is 0.550. The summed E-state index contributed by atoms with van der Waals surface area (Å²) in [5, 5.41) is 5.12. The van der Waals surface area contributed by atoms with Crippen LogP contribution in [0.5, 0.6) is 0 Å². The molecule has 0 aliphatic heterocycles. The number of rotatable bonds is 12. The van der Waals surface area contributed by atoms with Crippen molar-refractivity contribution in [2.75, 3.05) is 59.7 Å². The summed E-state index contributed by atoms with van der Waals surface area (Å²) >= 11 is 0. The topological polar surface area (TPSA) is 16.2 Å². The molecule has 0 saturated heterocycles. The Kier molecular flexibility index (Phi) is 21.7. The lowest BCUT2D eigenvalue weighted by Gasteiger charge is -2.34. The Hall–Kier alpha value is -13.7. The minimum atomic E-state index is -0.359. The second-order valence-electron chi connectivity index (χ2n) is 31.7. The van der Waals surface area contributed by atoms with E-state index in [4.69, 9.17) is 0 Å². The van der Waals surface area contributed by atoms with Gasteiger partial charge in [-0.2, -0.15) is 0 Å². The molecule has 572 valence electrons. The predicted octanol–water partition coefficient (Wildman–Crippen LogP) is 29.1. The molecule has 5 heteroatoms. The van der Waals surface area contributed by atoms with Crippen molar-refractivity contribution in [3.05, 3.63) is 469 Å². The molecule has 0 aromatic heterocycles. The molecule has 117 heavy (non-hydrogen) atoms. The van der Waals surface area contributed by atoms with E-state index in [1.807, 2.05) is 12.1 Å². The molecular formula is C112H99N5. The van der Waals surface area contributed by atoms with Crippen molar-refractivity contribution in [2.45, 2.75) is 55.8 Å². The highest BCUT2D eigenvalue weighted by Gasteiger charge is 2.47. The summed E-state index contributed by atoms with van der Waals surface area (Å²) < 4.78 is 0. The molecule has 0 bridgehead atoms. The minimum Gasteiger partial charge on any atom is -0.345 e. The molecule has 0 heterocycles. The number of fused-ring (bicyclic) bond motifs is 13. The molecule has 0 N–H and O–H groups in total. The summed E-state index contributed by atoms with van der Waals surface area (Å²) in [5.41, 5.74) is 31.6. The Bertz CT molecular complexity index is 6210. The summed E-state index contributed by atoms with van der Waals surface area (Å²) in [5.74, 6) is 0. The maximum absolute atomic E-state index is 2.45. The average molecular weight is 1520 g/mol. The first-order valence-electron chi connectivity index (χ1n) is 41.1. The first-order valence-corrected chi connectivity index (χ1v) is 41.1. The van der Waals surface area contributed by atoms with Gasteiger partial charge in [0.25, 0.3) is 0 Å². The first-order chi connectivity index (χ1) is 57.4. The highest BCUT2D eigenvalue weighted by atomic mass is 15.1. The highest BCUT2D eigenvalue weighted by Crippen LogP contribution is 2.59. The van der Waals surface area contributed by atoms with E-state index in [1.165, 1.54) is 171 Å². The zero-order valence-electron chi connectivity index (χ0n) is 68.0. The smallest absolute Gasteiger partial charge is 0.0714 e. The van der Waals surface area contributed by atoms with Crippen molar-refractivity contribution < 1.29 is 0 Å². The van der Waals surface area contributed by atoms with Crippen molar-refractivity contribution in [1.82, 2.24) is 0 Å². The number of para-hydroxylation sites is 5. The van der Waals surface area contributed by atoms with Gasteiger partial charge in [-0.1, -0.05) is 336 Å². The van der Waals surface area contributed by atoms with E-state index in [0.29, 0.717) is 0 Å². The van der Waals surface area contributed by atoms with E-state index in [2.05, 4.69) is 486 Å². The van der Waals surface area contributed by atoms with Crippen LogP contribution in [0.25, 0.3) is 54.9 Å². The SMILES string of the molecule is CN(c1ccccc1)c1ccc2c(c1)C(C)(C)c1ccccc1-2.CN(c1ccccc1)c1ccc2c(c1)C(c1ccccc1)(c1ccccc1)c1ccccc1-2.CN(c1ccccc1)c1ccc2c(c1)C1(CCCC1)c1ccccc1-2.CN(c1ccccc1)c1ccc2ccccc2c1.CN(c1ccccc1)c1cccc2ccccc12. The van der Waals surface area contributed by atoms with Crippen LogP contribution in [0.15, 0.2) is 425 Å². The quantitative estimate of drug-likeness (QED) is 0.121. The summed E-state index contributed by atoms with van der Waals surface area (Å²) in [4.78, 5) is 11.2. The van der Waals surface area contributed by atoms with Crippen molar-refractivity contribution >= 4 is 78.4 Å². The number of benzene rings is 17. The first kappa shape index (κ1) is 75.9. The van der Waals surface area contributed by atoms with Crippen LogP contribution in [-0.4, -0.2) is 35.2 Å². The summed E-state index contributed by atoms with van der Waals surface area (Å²) in [6.07, 6.45) is 5.25. The van der Waals surface area contributed by atoms with Gasteiger partial charge in [-0.25, -0.2) is 0 Å². The third kappa shape index (κ3) is 14.7. The molecule has 4 aliphatic carbocycles. The van der Waals surface area contributed by atoms with Crippen LogP contribution < -0.4 is 24.5 Å². The van der Waals surface area contributed by atoms with E-state index in [1.54, 1.807) is 11.1 Å². The monoisotopic (exact) mass is 1510 g/mol. The van der Waals surface area contributed by atoms with Crippen LogP contribution in [0.2, 0.25) is 0 Å². The van der Waals surface area contributed by atoms with Crippen LogP contribution in [0.4, 0.5) is 56.9 Å². The van der Waals surface area contributed by atoms with Gasteiger partial charge in [-0.15, -0.1) is 0 Å². The molecule has 21 rings (SSSR count). The van der Waals surface area contributed by atoms with E-state index >= 15 is 0 Å². The summed E-state index contributed by atoms with van der Waals surface area (Å²) in [7, 11) is 10.6. The molecule has 5 nitrogen and oxygen atoms in total. The molecule has 0 unspecified atom stereocenters. The molecule has 4 aliphatic rings. The molecular weight excluding hydrogens is 1420 g/mol. The second kappa shape index (κ2) is 33.4. The molecule has 17 aromatic rings. The number of nitrogens with zero attached hydrogens (tertiary/aromatic N) is 5. The lowest BCUT2D eigenvalue weighted by Crippen LogP contribution is -2.28. The average Bonchev–Trinajstić information content (AvgIpc) is 1.55. The summed E-state index contributed by atoms with van der Waals surface area (Å²) in [6.45, 7) is 4.65. The predicted molar refractivity (Wildman–Crippen MR) is 499 cm³/mol. The van der Waals surface area contributed by atoms with Gasteiger partial charge >= 0.3 is 0 Å². The molecule has 0 atom stereocenters. The minimum absolute atomic E-state index is 0.0550. The zero-order valence-corrected chi connectivity index (χ0v) is 68.0. The molecule has 1 fully saturated rings. The second-order valence-corrected chi connectivity index (χ2v) is 31.7. The highest BCUT2D eigenvalue weighted by molar-refractivity contribution is 5.96. The van der Waals surface area contributed by atoms with Crippen molar-refractivity contribution in [1.29, 1.82) is 0 Å². The fraction of sp³-hybridized carbons (Fsp3) is 0.125. The molecule has 1 spiro atoms. The van der Waals surface area contributed by atoms with Gasteiger partial charge in [0.2, 0.25) is 0 Å². The Morgan fingerprint density at radius 3 is 1.01 bits per heavy atom. The van der Waals surface area contributed by atoms with Crippen LogP contribution in [0.3, 0.4) is 0 Å². The molecule has 17 aromatic carbocycles. The van der Waals surface area contributed by atoms with E-state index in [-0.39, 0.29) is 16.2 Å². The van der Waals surface area contributed by atoms with Crippen molar-refractivity contribution in [3.63, 3.8) is 0 Å². The number of anilines is 10. The third-order valence-corrected chi connectivity index (χ3v) is 24.8. The van der Waals surface area contributed by atoms with E-state index < -0.39 is 0 Å².